The molecule has 0 saturated carbocycles. The molecule has 1 aromatic heterocycles. The summed E-state index contributed by atoms with van der Waals surface area (Å²) in [5.41, 5.74) is 3.17. The Kier molecular flexibility index (Phi) is 6.90. The molecular weight excluding hydrogens is 392 g/mol. The number of hydrogen-bond acceptors (Lipinski definition) is 4. The smallest absolute Gasteiger partial charge is 0.230 e. The molecule has 0 aliphatic rings. The monoisotopic (exact) mass is 412 g/mol. The lowest BCUT2D eigenvalue weighted by molar-refractivity contribution is -0.118. The molecule has 2 aromatic carbocycles. The number of aryl methyl sites for hydroxylation is 1. The van der Waals surface area contributed by atoms with E-state index in [1.165, 1.54) is 17.3 Å². The molecule has 1 heterocycles. The molecular formula is C21H21ClN4OS. The number of nitrogens with zero attached hydrogens (tertiary/aromatic N) is 3. The van der Waals surface area contributed by atoms with Gasteiger partial charge in [-0.05, 0) is 24.6 Å². The van der Waals surface area contributed by atoms with Crippen LogP contribution in [0, 0.1) is 6.92 Å². The number of carbonyl (C=O) groups is 1. The van der Waals surface area contributed by atoms with Crippen molar-refractivity contribution in [3.05, 3.63) is 77.3 Å². The molecule has 0 spiro atoms. The highest BCUT2D eigenvalue weighted by Crippen LogP contribution is 2.24. The topological polar surface area (TPSA) is 59.8 Å². The number of amides is 1. The second-order valence-electron chi connectivity index (χ2n) is 6.26. The van der Waals surface area contributed by atoms with Gasteiger partial charge in [0.25, 0.3) is 0 Å². The lowest BCUT2D eigenvalue weighted by Gasteiger charge is -2.08. The molecule has 0 atom stereocenters. The number of nitrogens with one attached hydrogen (secondary N) is 1. The van der Waals surface area contributed by atoms with Crippen LogP contribution in [0.15, 0.2) is 66.3 Å². The molecule has 0 aliphatic carbocycles. The standard InChI is InChI=1S/C21H21ClN4OS/c1-3-12-26-20(17-8-4-15(2)5-9-17)24-25-21(26)28-14-19(27)23-13-16-6-10-18(22)11-7-16/h3-11H,1,12-14H2,2H3,(H,23,27). The predicted octanol–water partition coefficient (Wildman–Crippen LogP) is 4.50. The maximum absolute atomic E-state index is 12.2. The fraction of sp³-hybridized carbons (Fsp3) is 0.190. The number of halogens is 1. The van der Waals surface area contributed by atoms with Crippen LogP contribution in [0.4, 0.5) is 0 Å². The van der Waals surface area contributed by atoms with E-state index in [0.29, 0.717) is 23.3 Å². The molecule has 1 amide bonds. The van der Waals surface area contributed by atoms with Crippen molar-refractivity contribution in [1.29, 1.82) is 0 Å². The predicted molar refractivity (Wildman–Crippen MR) is 114 cm³/mol. The van der Waals surface area contributed by atoms with Gasteiger partial charge < -0.3 is 5.32 Å². The first-order valence-electron chi connectivity index (χ1n) is 8.82. The molecule has 5 nitrogen and oxygen atoms in total. The Hall–Kier alpha value is -2.57. The lowest BCUT2D eigenvalue weighted by atomic mass is 10.1. The Morgan fingerprint density at radius 1 is 1.18 bits per heavy atom. The second-order valence-corrected chi connectivity index (χ2v) is 7.64. The van der Waals surface area contributed by atoms with Gasteiger partial charge in [-0.2, -0.15) is 0 Å². The van der Waals surface area contributed by atoms with Crippen LogP contribution in [0.25, 0.3) is 11.4 Å². The van der Waals surface area contributed by atoms with Crippen molar-refractivity contribution in [3.8, 4) is 11.4 Å². The summed E-state index contributed by atoms with van der Waals surface area (Å²) in [5, 5.41) is 12.9. The summed E-state index contributed by atoms with van der Waals surface area (Å²) in [6.45, 7) is 6.90. The van der Waals surface area contributed by atoms with E-state index in [-0.39, 0.29) is 11.7 Å². The lowest BCUT2D eigenvalue weighted by Crippen LogP contribution is -2.24. The van der Waals surface area contributed by atoms with E-state index in [2.05, 4.69) is 22.1 Å². The van der Waals surface area contributed by atoms with Gasteiger partial charge in [-0.15, -0.1) is 16.8 Å². The molecule has 0 bridgehead atoms. The van der Waals surface area contributed by atoms with Crippen LogP contribution in [0.2, 0.25) is 5.02 Å². The van der Waals surface area contributed by atoms with Gasteiger partial charge in [0.15, 0.2) is 11.0 Å². The molecule has 7 heteroatoms. The number of carbonyl (C=O) groups excluding carboxylic acids is 1. The number of hydrogen-bond donors (Lipinski definition) is 1. The zero-order valence-electron chi connectivity index (χ0n) is 15.6. The average molecular weight is 413 g/mol. The van der Waals surface area contributed by atoms with Crippen LogP contribution >= 0.6 is 23.4 Å². The van der Waals surface area contributed by atoms with Gasteiger partial charge >= 0.3 is 0 Å². The first-order chi connectivity index (χ1) is 13.6. The van der Waals surface area contributed by atoms with Gasteiger partial charge in [0.05, 0.1) is 5.75 Å². The van der Waals surface area contributed by atoms with E-state index in [1.54, 1.807) is 6.08 Å². The first kappa shape index (κ1) is 20.2. The maximum atomic E-state index is 12.2. The molecule has 3 rings (SSSR count). The zero-order chi connectivity index (χ0) is 19.9. The SMILES string of the molecule is C=CCn1c(SCC(=O)NCc2ccc(Cl)cc2)nnc1-c1ccc(C)cc1. The molecule has 0 unspecified atom stereocenters. The summed E-state index contributed by atoms with van der Waals surface area (Å²) >= 11 is 7.23. The van der Waals surface area contributed by atoms with Crippen molar-refractivity contribution >= 4 is 29.3 Å². The summed E-state index contributed by atoms with van der Waals surface area (Å²) in [4.78, 5) is 12.2. The van der Waals surface area contributed by atoms with Crippen molar-refractivity contribution in [2.45, 2.75) is 25.2 Å². The van der Waals surface area contributed by atoms with E-state index in [4.69, 9.17) is 11.6 Å². The highest BCUT2D eigenvalue weighted by molar-refractivity contribution is 7.99. The van der Waals surface area contributed by atoms with Crippen LogP contribution in [0.3, 0.4) is 0 Å². The zero-order valence-corrected chi connectivity index (χ0v) is 17.1. The van der Waals surface area contributed by atoms with E-state index >= 15 is 0 Å². The number of allylic oxidation sites excluding steroid dienone is 1. The summed E-state index contributed by atoms with van der Waals surface area (Å²) in [6.07, 6.45) is 1.80. The Morgan fingerprint density at radius 3 is 2.57 bits per heavy atom. The fourth-order valence-electron chi connectivity index (χ4n) is 2.59. The summed E-state index contributed by atoms with van der Waals surface area (Å²) in [7, 11) is 0. The third-order valence-corrected chi connectivity index (χ3v) is 5.29. The van der Waals surface area contributed by atoms with E-state index in [9.17, 15) is 4.79 Å². The average Bonchev–Trinajstić information content (AvgIpc) is 3.09. The van der Waals surface area contributed by atoms with Crippen molar-refractivity contribution < 1.29 is 4.79 Å². The number of benzene rings is 2. The Balaban J connectivity index is 1.63. The van der Waals surface area contributed by atoms with E-state index < -0.39 is 0 Å². The van der Waals surface area contributed by atoms with Gasteiger partial charge in [0, 0.05) is 23.7 Å². The minimum atomic E-state index is -0.0648. The van der Waals surface area contributed by atoms with Crippen LogP contribution in [0.1, 0.15) is 11.1 Å². The van der Waals surface area contributed by atoms with Gasteiger partial charge in [0.1, 0.15) is 0 Å². The summed E-state index contributed by atoms with van der Waals surface area (Å²) in [6, 6.07) is 15.5. The van der Waals surface area contributed by atoms with Gasteiger partial charge in [-0.25, -0.2) is 0 Å². The van der Waals surface area contributed by atoms with Crippen LogP contribution in [0.5, 0.6) is 0 Å². The quantitative estimate of drug-likeness (QED) is 0.437. The molecule has 144 valence electrons. The molecule has 1 N–H and O–H groups in total. The normalized spacial score (nSPS) is 10.6. The highest BCUT2D eigenvalue weighted by Gasteiger charge is 2.14. The van der Waals surface area contributed by atoms with Crippen LogP contribution in [-0.4, -0.2) is 26.4 Å². The van der Waals surface area contributed by atoms with E-state index in [0.717, 1.165) is 17.0 Å². The number of thioether (sulfide) groups is 1. The van der Waals surface area contributed by atoms with Gasteiger partial charge in [-0.1, -0.05) is 71.4 Å². The Bertz CT molecular complexity index is 952. The Labute approximate surface area is 173 Å². The largest absolute Gasteiger partial charge is 0.351 e. The molecule has 0 fully saturated rings. The van der Waals surface area contributed by atoms with E-state index in [1.807, 2.05) is 60.0 Å². The van der Waals surface area contributed by atoms with Crippen molar-refractivity contribution in [2.75, 3.05) is 5.75 Å². The highest BCUT2D eigenvalue weighted by atomic mass is 35.5. The summed E-state index contributed by atoms with van der Waals surface area (Å²) in [5.74, 6) is 0.963. The minimum absolute atomic E-state index is 0.0648. The Morgan fingerprint density at radius 2 is 1.89 bits per heavy atom. The van der Waals surface area contributed by atoms with Gasteiger partial charge in [0.2, 0.25) is 5.91 Å². The third-order valence-electron chi connectivity index (χ3n) is 4.07. The van der Waals surface area contributed by atoms with Crippen molar-refractivity contribution in [2.24, 2.45) is 0 Å². The molecule has 0 aliphatic heterocycles. The van der Waals surface area contributed by atoms with Gasteiger partial charge in [-0.3, -0.25) is 9.36 Å². The molecule has 0 radical (unpaired) electrons. The van der Waals surface area contributed by atoms with Crippen LogP contribution < -0.4 is 5.32 Å². The first-order valence-corrected chi connectivity index (χ1v) is 10.2. The summed E-state index contributed by atoms with van der Waals surface area (Å²) < 4.78 is 1.97. The number of rotatable bonds is 8. The minimum Gasteiger partial charge on any atom is -0.351 e. The van der Waals surface area contributed by atoms with Crippen molar-refractivity contribution in [1.82, 2.24) is 20.1 Å². The fourth-order valence-corrected chi connectivity index (χ4v) is 3.49. The number of aromatic nitrogens is 3. The molecule has 3 aromatic rings. The third kappa shape index (κ3) is 5.24. The molecule has 28 heavy (non-hydrogen) atoms. The molecule has 0 saturated heterocycles. The maximum Gasteiger partial charge on any atom is 0.230 e. The van der Waals surface area contributed by atoms with Crippen LogP contribution in [-0.2, 0) is 17.9 Å². The van der Waals surface area contributed by atoms with Crippen molar-refractivity contribution in [3.63, 3.8) is 0 Å². The second kappa shape index (κ2) is 9.57.